The highest BCUT2D eigenvalue weighted by atomic mass is 16.5. The van der Waals surface area contributed by atoms with Crippen molar-refractivity contribution >= 4 is 5.91 Å². The molecule has 1 fully saturated rings. The van der Waals surface area contributed by atoms with E-state index in [1.165, 1.54) is 37.7 Å². The standard InChI is InChI=1S/C22H30N2O2/c1-3-5-15-24(4-2)22(25)20-16-21(26-23-20)19-13-11-18(12-14-19)17-9-7-6-8-10-17/h11-14,16-17H,3-10,15H2,1-2H3. The molecule has 26 heavy (non-hydrogen) atoms. The second-order valence-corrected chi connectivity index (χ2v) is 7.27. The lowest BCUT2D eigenvalue weighted by atomic mass is 9.84. The molecule has 140 valence electrons. The van der Waals surface area contributed by atoms with Crippen molar-refractivity contribution < 1.29 is 9.32 Å². The first-order valence-electron chi connectivity index (χ1n) is 10.1. The molecule has 4 heteroatoms. The number of benzene rings is 1. The fourth-order valence-corrected chi connectivity index (χ4v) is 3.78. The van der Waals surface area contributed by atoms with Gasteiger partial charge >= 0.3 is 0 Å². The van der Waals surface area contributed by atoms with Crippen molar-refractivity contribution in [3.63, 3.8) is 0 Å². The lowest BCUT2D eigenvalue weighted by Gasteiger charge is -2.21. The molecule has 0 radical (unpaired) electrons. The minimum atomic E-state index is -0.0465. The van der Waals surface area contributed by atoms with Gasteiger partial charge in [-0.1, -0.05) is 62.0 Å². The van der Waals surface area contributed by atoms with Gasteiger partial charge in [-0.2, -0.15) is 0 Å². The minimum absolute atomic E-state index is 0.0465. The molecule has 1 aliphatic rings. The number of aromatic nitrogens is 1. The molecule has 1 saturated carbocycles. The van der Waals surface area contributed by atoms with Crippen molar-refractivity contribution in [3.8, 4) is 11.3 Å². The van der Waals surface area contributed by atoms with Crippen LogP contribution in [0.4, 0.5) is 0 Å². The predicted octanol–water partition coefficient (Wildman–Crippen LogP) is 5.65. The summed E-state index contributed by atoms with van der Waals surface area (Å²) in [6.07, 6.45) is 8.72. The van der Waals surface area contributed by atoms with Gasteiger partial charge in [0.15, 0.2) is 11.5 Å². The number of hydrogen-bond acceptors (Lipinski definition) is 3. The molecule has 0 N–H and O–H groups in total. The summed E-state index contributed by atoms with van der Waals surface area (Å²) in [7, 11) is 0. The lowest BCUT2D eigenvalue weighted by Crippen LogP contribution is -2.31. The first-order valence-corrected chi connectivity index (χ1v) is 10.1. The summed E-state index contributed by atoms with van der Waals surface area (Å²) < 4.78 is 5.46. The van der Waals surface area contributed by atoms with Gasteiger partial charge in [-0.15, -0.1) is 0 Å². The highest BCUT2D eigenvalue weighted by molar-refractivity contribution is 5.93. The molecule has 1 amide bonds. The second-order valence-electron chi connectivity index (χ2n) is 7.27. The van der Waals surface area contributed by atoms with E-state index in [2.05, 4.69) is 36.3 Å². The number of unbranched alkanes of at least 4 members (excludes halogenated alkanes) is 1. The summed E-state index contributed by atoms with van der Waals surface area (Å²) in [4.78, 5) is 14.4. The number of hydrogen-bond donors (Lipinski definition) is 0. The predicted molar refractivity (Wildman–Crippen MR) is 104 cm³/mol. The third-order valence-corrected chi connectivity index (χ3v) is 5.45. The number of nitrogens with zero attached hydrogens (tertiary/aromatic N) is 2. The van der Waals surface area contributed by atoms with Crippen LogP contribution in [0.2, 0.25) is 0 Å². The fraction of sp³-hybridized carbons (Fsp3) is 0.545. The van der Waals surface area contributed by atoms with Gasteiger partial charge in [-0.3, -0.25) is 4.79 Å². The smallest absolute Gasteiger partial charge is 0.276 e. The van der Waals surface area contributed by atoms with Crippen LogP contribution < -0.4 is 0 Å². The van der Waals surface area contributed by atoms with Crippen LogP contribution in [-0.2, 0) is 0 Å². The zero-order valence-corrected chi connectivity index (χ0v) is 16.0. The maximum absolute atomic E-state index is 12.6. The first kappa shape index (κ1) is 18.7. The summed E-state index contributed by atoms with van der Waals surface area (Å²) in [5.74, 6) is 1.31. The molecule has 2 aromatic rings. The molecule has 4 nitrogen and oxygen atoms in total. The van der Waals surface area contributed by atoms with Crippen LogP contribution in [0, 0.1) is 0 Å². The second kappa shape index (κ2) is 9.02. The summed E-state index contributed by atoms with van der Waals surface area (Å²) >= 11 is 0. The van der Waals surface area contributed by atoms with Crippen molar-refractivity contribution in [3.05, 3.63) is 41.6 Å². The monoisotopic (exact) mass is 354 g/mol. The van der Waals surface area contributed by atoms with E-state index in [0.717, 1.165) is 24.9 Å². The molecular formula is C22H30N2O2. The molecular weight excluding hydrogens is 324 g/mol. The van der Waals surface area contributed by atoms with Gasteiger partial charge in [-0.05, 0) is 37.7 Å². The van der Waals surface area contributed by atoms with Crippen molar-refractivity contribution in [1.29, 1.82) is 0 Å². The lowest BCUT2D eigenvalue weighted by molar-refractivity contribution is 0.0752. The Morgan fingerprint density at radius 3 is 2.54 bits per heavy atom. The Morgan fingerprint density at radius 1 is 1.15 bits per heavy atom. The van der Waals surface area contributed by atoms with Gasteiger partial charge in [0.05, 0.1) is 0 Å². The molecule has 0 saturated heterocycles. The zero-order chi connectivity index (χ0) is 18.4. The normalized spacial score (nSPS) is 15.2. The van der Waals surface area contributed by atoms with E-state index in [-0.39, 0.29) is 5.91 Å². The third kappa shape index (κ3) is 4.35. The molecule has 0 aliphatic heterocycles. The van der Waals surface area contributed by atoms with Crippen LogP contribution in [0.1, 0.15) is 80.8 Å². The molecule has 3 rings (SSSR count). The third-order valence-electron chi connectivity index (χ3n) is 5.45. The Morgan fingerprint density at radius 2 is 1.88 bits per heavy atom. The van der Waals surface area contributed by atoms with Crippen LogP contribution in [0.3, 0.4) is 0 Å². The molecule has 1 aromatic carbocycles. The average molecular weight is 354 g/mol. The number of rotatable bonds is 7. The average Bonchev–Trinajstić information content (AvgIpc) is 3.19. The fourth-order valence-electron chi connectivity index (χ4n) is 3.78. The first-order chi connectivity index (χ1) is 12.7. The molecule has 0 spiro atoms. The van der Waals surface area contributed by atoms with Gasteiger partial charge in [-0.25, -0.2) is 0 Å². The van der Waals surface area contributed by atoms with E-state index in [4.69, 9.17) is 4.52 Å². The van der Waals surface area contributed by atoms with Crippen LogP contribution in [0.25, 0.3) is 11.3 Å². The van der Waals surface area contributed by atoms with E-state index in [1.807, 2.05) is 11.8 Å². The Hall–Kier alpha value is -2.10. The van der Waals surface area contributed by atoms with Crippen molar-refractivity contribution in [1.82, 2.24) is 10.1 Å². The largest absolute Gasteiger partial charge is 0.355 e. The van der Waals surface area contributed by atoms with Crippen LogP contribution in [0.5, 0.6) is 0 Å². The van der Waals surface area contributed by atoms with E-state index >= 15 is 0 Å². The molecule has 0 bridgehead atoms. The highest BCUT2D eigenvalue weighted by Gasteiger charge is 2.20. The van der Waals surface area contributed by atoms with Gasteiger partial charge in [0, 0.05) is 24.7 Å². The molecule has 1 heterocycles. The summed E-state index contributed by atoms with van der Waals surface area (Å²) in [5, 5.41) is 4.02. The minimum Gasteiger partial charge on any atom is -0.355 e. The molecule has 1 aliphatic carbocycles. The van der Waals surface area contributed by atoms with Gasteiger partial charge in [0.25, 0.3) is 5.91 Å². The van der Waals surface area contributed by atoms with Crippen molar-refractivity contribution in [2.75, 3.05) is 13.1 Å². The molecule has 1 aromatic heterocycles. The van der Waals surface area contributed by atoms with E-state index in [0.29, 0.717) is 23.9 Å². The summed E-state index contributed by atoms with van der Waals surface area (Å²) in [6, 6.07) is 10.4. The van der Waals surface area contributed by atoms with Crippen LogP contribution in [0.15, 0.2) is 34.9 Å². The highest BCUT2D eigenvalue weighted by Crippen LogP contribution is 2.33. The summed E-state index contributed by atoms with van der Waals surface area (Å²) in [5.41, 5.74) is 2.79. The Balaban J connectivity index is 1.69. The van der Waals surface area contributed by atoms with Crippen LogP contribution in [-0.4, -0.2) is 29.1 Å². The van der Waals surface area contributed by atoms with Gasteiger partial charge in [0.2, 0.25) is 0 Å². The van der Waals surface area contributed by atoms with Crippen molar-refractivity contribution in [2.45, 2.75) is 64.7 Å². The maximum Gasteiger partial charge on any atom is 0.276 e. The number of amides is 1. The van der Waals surface area contributed by atoms with Gasteiger partial charge in [0.1, 0.15) is 0 Å². The quantitative estimate of drug-likeness (QED) is 0.645. The number of carbonyl (C=O) groups is 1. The molecule has 0 unspecified atom stereocenters. The maximum atomic E-state index is 12.6. The Labute approximate surface area is 156 Å². The molecule has 0 atom stereocenters. The van der Waals surface area contributed by atoms with E-state index < -0.39 is 0 Å². The number of carbonyl (C=O) groups excluding carboxylic acids is 1. The van der Waals surface area contributed by atoms with Gasteiger partial charge < -0.3 is 9.42 Å². The van der Waals surface area contributed by atoms with E-state index in [9.17, 15) is 4.79 Å². The van der Waals surface area contributed by atoms with E-state index in [1.54, 1.807) is 6.07 Å². The van der Waals surface area contributed by atoms with Crippen molar-refractivity contribution in [2.24, 2.45) is 0 Å². The Bertz CT molecular complexity index is 699. The Kier molecular flexibility index (Phi) is 6.48. The van der Waals surface area contributed by atoms with Crippen LogP contribution >= 0.6 is 0 Å². The summed E-state index contributed by atoms with van der Waals surface area (Å²) in [6.45, 7) is 5.59. The SMILES string of the molecule is CCCCN(CC)C(=O)c1cc(-c2ccc(C3CCCCC3)cc2)on1. The topological polar surface area (TPSA) is 46.3 Å². The zero-order valence-electron chi connectivity index (χ0n) is 16.0.